The summed E-state index contributed by atoms with van der Waals surface area (Å²) in [4.78, 5) is 1.16. The Hall–Kier alpha value is -0.420. The number of hydrogen-bond acceptors (Lipinski definition) is 4. The fraction of sp³-hybridized carbons (Fsp3) is 0.600. The van der Waals surface area contributed by atoms with Crippen LogP contribution in [0.4, 0.5) is 0 Å². The zero-order valence-corrected chi connectivity index (χ0v) is 8.89. The minimum absolute atomic E-state index is 0.493. The van der Waals surface area contributed by atoms with Crippen LogP contribution in [-0.2, 0) is 15.3 Å². The molecule has 14 heavy (non-hydrogen) atoms. The highest BCUT2D eigenvalue weighted by Gasteiger charge is 2.38. The zero-order chi connectivity index (χ0) is 9.86. The Bertz CT molecular complexity index is 268. The van der Waals surface area contributed by atoms with Gasteiger partial charge in [0, 0.05) is 6.42 Å². The maximum atomic E-state index is 5.72. The van der Waals surface area contributed by atoms with Crippen LogP contribution in [0.2, 0.25) is 0 Å². The normalized spacial score (nSPS) is 20.1. The molecule has 1 saturated heterocycles. The SMILES string of the molecule is NCCCC1(c2cccs2)OCCO1. The molecule has 1 aromatic rings. The highest BCUT2D eigenvalue weighted by atomic mass is 32.1. The van der Waals surface area contributed by atoms with Crippen LogP contribution in [0.5, 0.6) is 0 Å². The van der Waals surface area contributed by atoms with Crippen molar-refractivity contribution in [1.82, 2.24) is 0 Å². The summed E-state index contributed by atoms with van der Waals surface area (Å²) >= 11 is 1.68. The second-order valence-electron chi connectivity index (χ2n) is 3.32. The molecule has 2 N–H and O–H groups in total. The van der Waals surface area contributed by atoms with Crippen LogP contribution in [0.25, 0.3) is 0 Å². The second-order valence-corrected chi connectivity index (χ2v) is 4.27. The molecule has 0 aromatic carbocycles. The van der Waals surface area contributed by atoms with Crippen molar-refractivity contribution < 1.29 is 9.47 Å². The van der Waals surface area contributed by atoms with Crippen molar-refractivity contribution in [2.45, 2.75) is 18.6 Å². The molecule has 0 radical (unpaired) electrons. The van der Waals surface area contributed by atoms with Crippen molar-refractivity contribution in [3.8, 4) is 0 Å². The lowest BCUT2D eigenvalue weighted by Crippen LogP contribution is -2.26. The lowest BCUT2D eigenvalue weighted by Gasteiger charge is -2.25. The molecule has 0 unspecified atom stereocenters. The monoisotopic (exact) mass is 213 g/mol. The molecule has 1 aliphatic rings. The Morgan fingerprint density at radius 1 is 1.43 bits per heavy atom. The summed E-state index contributed by atoms with van der Waals surface area (Å²) in [7, 11) is 0. The highest BCUT2D eigenvalue weighted by molar-refractivity contribution is 7.10. The number of nitrogens with two attached hydrogens (primary N) is 1. The molecule has 1 aliphatic heterocycles. The van der Waals surface area contributed by atoms with Gasteiger partial charge < -0.3 is 15.2 Å². The van der Waals surface area contributed by atoms with E-state index in [0.717, 1.165) is 17.7 Å². The van der Waals surface area contributed by atoms with E-state index < -0.39 is 5.79 Å². The minimum Gasteiger partial charge on any atom is -0.343 e. The molecule has 1 aromatic heterocycles. The third kappa shape index (κ3) is 1.83. The van der Waals surface area contributed by atoms with Gasteiger partial charge in [-0.25, -0.2) is 0 Å². The summed E-state index contributed by atoms with van der Waals surface area (Å²) in [6, 6.07) is 4.09. The highest BCUT2D eigenvalue weighted by Crippen LogP contribution is 2.38. The van der Waals surface area contributed by atoms with Crippen molar-refractivity contribution in [2.24, 2.45) is 5.73 Å². The molecular formula is C10H15NO2S. The molecule has 0 saturated carbocycles. The first-order chi connectivity index (χ1) is 6.87. The Morgan fingerprint density at radius 3 is 2.79 bits per heavy atom. The van der Waals surface area contributed by atoms with Gasteiger partial charge in [0.1, 0.15) is 0 Å². The van der Waals surface area contributed by atoms with Crippen LogP contribution >= 0.6 is 11.3 Å². The predicted octanol–water partition coefficient (Wildman–Crippen LogP) is 1.69. The van der Waals surface area contributed by atoms with Gasteiger partial charge in [-0.1, -0.05) is 6.07 Å². The average Bonchev–Trinajstić information content (AvgIpc) is 2.86. The van der Waals surface area contributed by atoms with Crippen LogP contribution < -0.4 is 5.73 Å². The first-order valence-electron chi connectivity index (χ1n) is 4.89. The number of ether oxygens (including phenoxy) is 2. The molecule has 4 heteroatoms. The quantitative estimate of drug-likeness (QED) is 0.827. The molecule has 0 spiro atoms. The van der Waals surface area contributed by atoms with Gasteiger partial charge in [0.2, 0.25) is 5.79 Å². The van der Waals surface area contributed by atoms with Gasteiger partial charge in [0.15, 0.2) is 0 Å². The number of hydrogen-bond donors (Lipinski definition) is 1. The molecule has 78 valence electrons. The van der Waals surface area contributed by atoms with Gasteiger partial charge in [0.25, 0.3) is 0 Å². The van der Waals surface area contributed by atoms with Crippen LogP contribution in [0.15, 0.2) is 17.5 Å². The maximum Gasteiger partial charge on any atom is 0.204 e. The smallest absolute Gasteiger partial charge is 0.204 e. The molecule has 2 heterocycles. The lowest BCUT2D eigenvalue weighted by atomic mass is 10.1. The van der Waals surface area contributed by atoms with Crippen molar-refractivity contribution in [3.05, 3.63) is 22.4 Å². The molecule has 1 fully saturated rings. The summed E-state index contributed by atoms with van der Waals surface area (Å²) in [6.07, 6.45) is 1.78. The fourth-order valence-electron chi connectivity index (χ4n) is 1.69. The zero-order valence-electron chi connectivity index (χ0n) is 8.07. The van der Waals surface area contributed by atoms with Crippen LogP contribution in [0.1, 0.15) is 17.7 Å². The summed E-state index contributed by atoms with van der Waals surface area (Å²) in [6.45, 7) is 2.05. The molecule has 2 rings (SSSR count). The van der Waals surface area contributed by atoms with Crippen molar-refractivity contribution in [1.29, 1.82) is 0 Å². The first-order valence-corrected chi connectivity index (χ1v) is 5.77. The van der Waals surface area contributed by atoms with Crippen LogP contribution in [-0.4, -0.2) is 19.8 Å². The molecular weight excluding hydrogens is 198 g/mol. The fourth-order valence-corrected chi connectivity index (χ4v) is 2.55. The summed E-state index contributed by atoms with van der Waals surface area (Å²) in [5.74, 6) is -0.493. The standard InChI is InChI=1S/C10H15NO2S/c11-5-2-4-10(12-6-7-13-10)9-3-1-8-14-9/h1,3,8H,2,4-7,11H2. The van der Waals surface area contributed by atoms with E-state index in [4.69, 9.17) is 15.2 Å². The third-order valence-electron chi connectivity index (χ3n) is 2.36. The second kappa shape index (κ2) is 4.40. The van der Waals surface area contributed by atoms with Crippen molar-refractivity contribution in [2.75, 3.05) is 19.8 Å². The van der Waals surface area contributed by atoms with Gasteiger partial charge in [-0.3, -0.25) is 0 Å². The first kappa shape index (κ1) is 10.1. The van der Waals surface area contributed by atoms with Gasteiger partial charge >= 0.3 is 0 Å². The van der Waals surface area contributed by atoms with Crippen LogP contribution in [0, 0.1) is 0 Å². The van der Waals surface area contributed by atoms with E-state index in [1.165, 1.54) is 0 Å². The summed E-state index contributed by atoms with van der Waals surface area (Å²) in [5, 5.41) is 2.05. The van der Waals surface area contributed by atoms with Gasteiger partial charge in [-0.2, -0.15) is 0 Å². The van der Waals surface area contributed by atoms with E-state index in [9.17, 15) is 0 Å². The summed E-state index contributed by atoms with van der Waals surface area (Å²) < 4.78 is 11.4. The number of thiophene rings is 1. The Morgan fingerprint density at radius 2 is 2.21 bits per heavy atom. The van der Waals surface area contributed by atoms with E-state index in [2.05, 4.69) is 6.07 Å². The van der Waals surface area contributed by atoms with E-state index in [1.807, 2.05) is 11.4 Å². The predicted molar refractivity (Wildman–Crippen MR) is 56.2 cm³/mol. The molecule has 0 aliphatic carbocycles. The lowest BCUT2D eigenvalue weighted by molar-refractivity contribution is -0.168. The van der Waals surface area contributed by atoms with E-state index in [1.54, 1.807) is 11.3 Å². The Balaban J connectivity index is 2.14. The number of rotatable bonds is 4. The van der Waals surface area contributed by atoms with Gasteiger partial charge in [-0.15, -0.1) is 11.3 Å². The largest absolute Gasteiger partial charge is 0.343 e. The topological polar surface area (TPSA) is 44.5 Å². The summed E-state index contributed by atoms with van der Waals surface area (Å²) in [5.41, 5.74) is 5.51. The van der Waals surface area contributed by atoms with E-state index in [-0.39, 0.29) is 0 Å². The molecule has 0 amide bonds. The third-order valence-corrected chi connectivity index (χ3v) is 3.35. The van der Waals surface area contributed by atoms with E-state index >= 15 is 0 Å². The molecule has 0 atom stereocenters. The van der Waals surface area contributed by atoms with Crippen LogP contribution in [0.3, 0.4) is 0 Å². The van der Waals surface area contributed by atoms with Gasteiger partial charge in [-0.05, 0) is 24.4 Å². The average molecular weight is 213 g/mol. The Labute approximate surface area is 87.8 Å². The maximum absolute atomic E-state index is 5.72. The van der Waals surface area contributed by atoms with E-state index in [0.29, 0.717) is 19.8 Å². The minimum atomic E-state index is -0.493. The Kier molecular flexibility index (Phi) is 3.18. The molecule has 0 bridgehead atoms. The van der Waals surface area contributed by atoms with Gasteiger partial charge in [0.05, 0.1) is 18.1 Å². The van der Waals surface area contributed by atoms with Crippen molar-refractivity contribution in [3.63, 3.8) is 0 Å². The molecule has 3 nitrogen and oxygen atoms in total. The van der Waals surface area contributed by atoms with Crippen molar-refractivity contribution >= 4 is 11.3 Å².